The highest BCUT2D eigenvalue weighted by atomic mass is 32.1. The molecule has 8 aromatic rings. The molecule has 8 heterocycles. The highest BCUT2D eigenvalue weighted by Crippen LogP contribution is 2.41. The number of nitrogens with one attached hydrogen (secondary N) is 1. The summed E-state index contributed by atoms with van der Waals surface area (Å²) in [6.45, 7) is 10.2. The molecule has 0 bridgehead atoms. The number of carbonyl (C=O) groups excluding carboxylic acids is 5. The number of pyridine rings is 2. The number of ether oxygens (including phenoxy) is 3. The first-order valence-electron chi connectivity index (χ1n) is 27.8. The minimum atomic E-state index is -0.574. The lowest BCUT2D eigenvalue weighted by Crippen LogP contribution is -2.52. The number of aromatic nitrogens is 8. The first-order valence-corrected chi connectivity index (χ1v) is 29.4. The number of fused-ring (bicyclic) bond motifs is 2. The van der Waals surface area contributed by atoms with E-state index in [2.05, 4.69) is 35.9 Å². The summed E-state index contributed by atoms with van der Waals surface area (Å²) in [4.78, 5) is 77.8. The van der Waals surface area contributed by atoms with Crippen molar-refractivity contribution >= 4 is 72.6 Å². The average molecular weight is 1170 g/mol. The van der Waals surface area contributed by atoms with Gasteiger partial charge in [0.15, 0.2) is 23.1 Å². The molecule has 2 saturated carbocycles. The van der Waals surface area contributed by atoms with Crippen molar-refractivity contribution < 1.29 is 47.0 Å². The molecule has 4 aliphatic rings. The predicted molar refractivity (Wildman–Crippen MR) is 306 cm³/mol. The highest BCUT2D eigenvalue weighted by Gasteiger charge is 2.29. The Bertz CT molecular complexity index is 3700. The number of hydrogen-bond acceptors (Lipinski definition) is 17. The summed E-state index contributed by atoms with van der Waals surface area (Å²) in [6, 6.07) is 16.4. The normalized spacial score (nSPS) is 15.5. The summed E-state index contributed by atoms with van der Waals surface area (Å²) in [6.07, 6.45) is 12.3. The molecule has 4 fully saturated rings. The summed E-state index contributed by atoms with van der Waals surface area (Å²) in [7, 11) is 0. The van der Waals surface area contributed by atoms with Crippen molar-refractivity contribution in [3.05, 3.63) is 108 Å². The van der Waals surface area contributed by atoms with Crippen molar-refractivity contribution in [2.45, 2.75) is 90.8 Å². The smallest absolute Gasteiger partial charge is 0.410 e. The van der Waals surface area contributed by atoms with Crippen LogP contribution in [0.5, 0.6) is 23.0 Å². The van der Waals surface area contributed by atoms with Gasteiger partial charge in [0.1, 0.15) is 53.1 Å². The number of amides is 3. The van der Waals surface area contributed by atoms with E-state index in [1.54, 1.807) is 75.7 Å². The number of carbonyl (C=O) groups is 5. The lowest BCUT2D eigenvalue weighted by molar-refractivity contribution is -0.134. The highest BCUT2D eigenvalue weighted by molar-refractivity contribution is 7.22. The van der Waals surface area contributed by atoms with Crippen LogP contribution in [0, 0.1) is 23.5 Å². The molecule has 0 radical (unpaired) electrons. The first-order chi connectivity index (χ1) is 40.0. The van der Waals surface area contributed by atoms with Gasteiger partial charge in [-0.05, 0) is 106 Å². The Morgan fingerprint density at radius 3 is 1.47 bits per heavy atom. The molecule has 3 amide bonds. The van der Waals surface area contributed by atoms with Gasteiger partial charge in [-0.15, -0.1) is 32.9 Å². The summed E-state index contributed by atoms with van der Waals surface area (Å²) < 4.78 is 51.7. The molecule has 20 nitrogen and oxygen atoms in total. The number of benzene rings is 2. The maximum Gasteiger partial charge on any atom is 0.410 e. The van der Waals surface area contributed by atoms with Crippen LogP contribution in [0.2, 0.25) is 0 Å². The van der Waals surface area contributed by atoms with Crippen molar-refractivity contribution in [2.75, 3.05) is 52.4 Å². The van der Waals surface area contributed by atoms with Gasteiger partial charge in [-0.2, -0.15) is 0 Å². The van der Waals surface area contributed by atoms with Gasteiger partial charge in [-0.25, -0.2) is 22.9 Å². The quantitative estimate of drug-likeness (QED) is 0.0845. The van der Waals surface area contributed by atoms with Crippen molar-refractivity contribution in [1.82, 2.24) is 60.0 Å². The van der Waals surface area contributed by atoms with Gasteiger partial charge in [0, 0.05) is 103 Å². The maximum atomic E-state index is 15.0. The van der Waals surface area contributed by atoms with Crippen LogP contribution in [0.4, 0.5) is 13.6 Å². The Morgan fingerprint density at radius 1 is 0.590 bits per heavy atom. The van der Waals surface area contributed by atoms with E-state index in [0.29, 0.717) is 114 Å². The lowest BCUT2D eigenvalue weighted by Gasteiger charge is -2.35. The predicted octanol–water partition coefficient (Wildman–Crippen LogP) is 9.31. The third kappa shape index (κ3) is 14.8. The van der Waals surface area contributed by atoms with Gasteiger partial charge < -0.3 is 34.2 Å². The van der Waals surface area contributed by atoms with E-state index in [1.807, 2.05) is 37.8 Å². The summed E-state index contributed by atoms with van der Waals surface area (Å²) in [5.74, 6) is 1.21. The fourth-order valence-electron chi connectivity index (χ4n) is 9.67. The molecule has 2 saturated heterocycles. The van der Waals surface area contributed by atoms with E-state index in [9.17, 15) is 32.8 Å². The standard InChI is InChI=1S/C32H35FN6O5S.C27H27FN6O3S/c1-32(2,3)44-31(42)38-12-10-37(11-13-38)29(41)19-39-18-25(35-36-39)28-17-24-30(45-28)27(8-9-34-24)43-26-7-6-21(16-23(26)33)15-22(40)14-20-4-5-20;28-20-13-18(12-19(35)11-17-1-2-17)3-4-23(20)37-24-5-6-30-21-14-25(38-27(21)24)22-15-34(32-31-22)16-26(36)33-9-7-29-8-10-33/h6-9,16-18,20H,4-5,10-15,19H2,1-3H3;3-6,13-15,17,29H,1-2,7-12,16H2. The molecule has 24 heteroatoms. The minimum Gasteiger partial charge on any atom is -0.453 e. The zero-order valence-electron chi connectivity index (χ0n) is 46.2. The van der Waals surface area contributed by atoms with E-state index >= 15 is 0 Å². The molecular weight excluding hydrogens is 1110 g/mol. The number of Topliss-reactive ketones (excluding diaryl/α,β-unsaturated/α-hetero) is 2. The van der Waals surface area contributed by atoms with Crippen LogP contribution >= 0.6 is 22.7 Å². The third-order valence-corrected chi connectivity index (χ3v) is 16.7. The molecule has 83 heavy (non-hydrogen) atoms. The molecule has 12 rings (SSSR count). The average Bonchev–Trinajstić information content (AvgIpc) is 4.33. The zero-order chi connectivity index (χ0) is 57.8. The summed E-state index contributed by atoms with van der Waals surface area (Å²) in [5, 5.41) is 20.0. The number of nitrogens with zero attached hydrogens (tertiary/aromatic N) is 11. The number of rotatable bonds is 18. The van der Waals surface area contributed by atoms with E-state index in [-0.39, 0.29) is 66.9 Å². The van der Waals surface area contributed by atoms with Crippen LogP contribution in [0.15, 0.2) is 85.5 Å². The summed E-state index contributed by atoms with van der Waals surface area (Å²) >= 11 is 2.79. The van der Waals surface area contributed by atoms with Crippen molar-refractivity contribution in [3.8, 4) is 44.1 Å². The fraction of sp³-hybridized carbons (Fsp3) is 0.407. The number of thiophene rings is 2. The first kappa shape index (κ1) is 56.8. The Labute approximate surface area is 484 Å². The number of piperazine rings is 2. The van der Waals surface area contributed by atoms with Crippen LogP contribution < -0.4 is 14.8 Å². The van der Waals surface area contributed by atoms with Crippen molar-refractivity contribution in [3.63, 3.8) is 0 Å². The molecule has 432 valence electrons. The Morgan fingerprint density at radius 2 is 1.04 bits per heavy atom. The minimum absolute atomic E-state index is 0.0111. The van der Waals surface area contributed by atoms with Gasteiger partial charge >= 0.3 is 6.09 Å². The van der Waals surface area contributed by atoms with Crippen LogP contribution in [-0.2, 0) is 49.8 Å². The SMILES string of the molecule is CC(C)(C)OC(=O)N1CCN(C(=O)Cn2cc(-c3cc4nccc(Oc5ccc(CC(=O)CC6CC6)cc5F)c4s3)nn2)CC1.O=C(Cc1ccc(Oc2ccnc3cc(-c4cn(CC(=O)N5CCNCC5)nn4)sc23)c(F)c1)CC1CC1. The van der Waals surface area contributed by atoms with E-state index in [0.717, 1.165) is 53.2 Å². The second kappa shape index (κ2) is 24.8. The molecule has 6 aromatic heterocycles. The van der Waals surface area contributed by atoms with E-state index in [4.69, 9.17) is 14.2 Å². The molecule has 2 aromatic carbocycles. The van der Waals surface area contributed by atoms with Crippen molar-refractivity contribution in [1.29, 1.82) is 0 Å². The lowest BCUT2D eigenvalue weighted by atomic mass is 10.0. The Balaban J connectivity index is 0.000000176. The monoisotopic (exact) mass is 1170 g/mol. The summed E-state index contributed by atoms with van der Waals surface area (Å²) in [5.41, 5.74) is 3.25. The topological polar surface area (TPSA) is 222 Å². The molecule has 1 N–H and O–H groups in total. The van der Waals surface area contributed by atoms with Crippen LogP contribution in [0.1, 0.15) is 70.4 Å². The largest absolute Gasteiger partial charge is 0.453 e. The van der Waals surface area contributed by atoms with Crippen LogP contribution in [-0.4, -0.2) is 142 Å². The van der Waals surface area contributed by atoms with E-state index < -0.39 is 17.2 Å². The Hall–Kier alpha value is -8.09. The van der Waals surface area contributed by atoms with E-state index in [1.165, 1.54) is 39.5 Å². The molecule has 0 spiro atoms. The Kier molecular flexibility index (Phi) is 16.9. The second-order valence-corrected chi connectivity index (χ2v) is 24.4. The number of ketones is 2. The van der Waals surface area contributed by atoms with Crippen molar-refractivity contribution in [2.24, 2.45) is 11.8 Å². The molecule has 2 aliphatic heterocycles. The fourth-order valence-corrected chi connectivity index (χ4v) is 11.7. The van der Waals surface area contributed by atoms with Crippen LogP contribution in [0.3, 0.4) is 0 Å². The van der Waals surface area contributed by atoms with Gasteiger partial charge in [0.05, 0.1) is 42.6 Å². The van der Waals surface area contributed by atoms with Gasteiger partial charge in [0.25, 0.3) is 0 Å². The second-order valence-electron chi connectivity index (χ2n) is 22.3. The van der Waals surface area contributed by atoms with Gasteiger partial charge in [-0.3, -0.25) is 29.1 Å². The maximum absolute atomic E-state index is 15.0. The molecule has 0 atom stereocenters. The van der Waals surface area contributed by atoms with Gasteiger partial charge in [-0.1, -0.05) is 22.6 Å². The van der Waals surface area contributed by atoms with Gasteiger partial charge in [0.2, 0.25) is 11.8 Å². The molecule has 0 unspecified atom stereocenters. The van der Waals surface area contributed by atoms with Crippen LogP contribution in [0.25, 0.3) is 41.6 Å². The number of hydrogen-bond donors (Lipinski definition) is 1. The molecule has 2 aliphatic carbocycles. The zero-order valence-corrected chi connectivity index (χ0v) is 47.9. The molecular formula is C59H62F2N12O8S2. The third-order valence-electron chi connectivity index (χ3n) is 14.3. The number of halogens is 2.